The van der Waals surface area contributed by atoms with Crippen molar-refractivity contribution in [3.05, 3.63) is 113 Å². The third-order valence-electron chi connectivity index (χ3n) is 7.62. The number of para-hydroxylation sites is 1. The minimum atomic E-state index is -0.754. The Morgan fingerprint density at radius 2 is 1.66 bits per heavy atom. The zero-order valence-electron chi connectivity index (χ0n) is 22.7. The second kappa shape index (κ2) is 12.0. The number of carbonyl (C=O) groups excluding carboxylic acids is 2. The molecule has 8 nitrogen and oxygen atoms in total. The van der Waals surface area contributed by atoms with Gasteiger partial charge >= 0.3 is 0 Å². The van der Waals surface area contributed by atoms with E-state index in [2.05, 4.69) is 4.90 Å². The van der Waals surface area contributed by atoms with E-state index >= 15 is 0 Å². The largest absolute Gasteiger partial charge is 0.503 e. The quantitative estimate of drug-likeness (QED) is 0.267. The first-order valence-corrected chi connectivity index (χ1v) is 13.9. The lowest BCUT2D eigenvalue weighted by Crippen LogP contribution is -2.39. The Morgan fingerprint density at radius 3 is 2.41 bits per heavy atom. The van der Waals surface area contributed by atoms with Gasteiger partial charge in [0.1, 0.15) is 17.9 Å². The van der Waals surface area contributed by atoms with Crippen LogP contribution < -0.4 is 4.74 Å². The van der Waals surface area contributed by atoms with E-state index in [-0.39, 0.29) is 11.3 Å². The highest BCUT2D eigenvalue weighted by molar-refractivity contribution is 6.16. The third kappa shape index (κ3) is 5.75. The fourth-order valence-electron chi connectivity index (χ4n) is 5.47. The van der Waals surface area contributed by atoms with Crippen LogP contribution in [-0.2, 0) is 16.1 Å². The lowest BCUT2D eigenvalue weighted by atomic mass is 9.95. The number of aliphatic hydroxyl groups is 1. The summed E-state index contributed by atoms with van der Waals surface area (Å²) in [6.07, 6.45) is 0.694. The zero-order chi connectivity index (χ0) is 28.2. The molecular weight excluding hydrogens is 520 g/mol. The van der Waals surface area contributed by atoms with Gasteiger partial charge in [0, 0.05) is 31.6 Å². The molecular formula is C33H32N2O6. The van der Waals surface area contributed by atoms with Crippen molar-refractivity contribution in [2.24, 2.45) is 0 Å². The summed E-state index contributed by atoms with van der Waals surface area (Å²) >= 11 is 0. The number of carbonyl (C=O) groups is 2. The summed E-state index contributed by atoms with van der Waals surface area (Å²) in [5.41, 5.74) is 2.36. The fourth-order valence-corrected chi connectivity index (χ4v) is 5.47. The van der Waals surface area contributed by atoms with Crippen molar-refractivity contribution in [1.29, 1.82) is 0 Å². The Hall–Kier alpha value is -4.40. The third-order valence-corrected chi connectivity index (χ3v) is 7.62. The number of fused-ring (bicyclic) bond motifs is 1. The molecule has 41 heavy (non-hydrogen) atoms. The molecule has 3 heterocycles. The smallest absolute Gasteiger partial charge is 0.290 e. The van der Waals surface area contributed by atoms with E-state index in [4.69, 9.17) is 13.9 Å². The highest BCUT2D eigenvalue weighted by atomic mass is 16.5. The van der Waals surface area contributed by atoms with Crippen molar-refractivity contribution in [2.45, 2.75) is 19.1 Å². The molecule has 0 spiro atoms. The SMILES string of the molecule is O=C(C1=C(O)C(=O)N(CCCN2CCOCC2)[C@@H]1c1ccc(OCc2ccccc2)cc1)c1cc2ccccc2o1. The molecule has 210 valence electrons. The van der Waals surface area contributed by atoms with E-state index < -0.39 is 23.5 Å². The minimum absolute atomic E-state index is 0.0263. The van der Waals surface area contributed by atoms with Crippen LogP contribution in [0.25, 0.3) is 11.0 Å². The highest BCUT2D eigenvalue weighted by Gasteiger charge is 2.44. The first-order chi connectivity index (χ1) is 20.1. The van der Waals surface area contributed by atoms with E-state index in [9.17, 15) is 14.7 Å². The molecule has 6 rings (SSSR count). The summed E-state index contributed by atoms with van der Waals surface area (Å²) in [4.78, 5) is 31.1. The molecule has 3 aromatic carbocycles. The molecule has 8 heteroatoms. The van der Waals surface area contributed by atoms with Crippen LogP contribution >= 0.6 is 0 Å². The number of hydrogen-bond acceptors (Lipinski definition) is 7. The number of benzene rings is 3. The number of ether oxygens (including phenoxy) is 2. The van der Waals surface area contributed by atoms with Crippen molar-refractivity contribution in [3.8, 4) is 5.75 Å². The summed E-state index contributed by atoms with van der Waals surface area (Å²) in [6, 6.07) is 25.5. The molecule has 2 aliphatic heterocycles. The second-order valence-corrected chi connectivity index (χ2v) is 10.3. The van der Waals surface area contributed by atoms with Gasteiger partial charge in [-0.05, 0) is 41.8 Å². The molecule has 1 N–H and O–H groups in total. The van der Waals surface area contributed by atoms with Crippen LogP contribution in [0.3, 0.4) is 0 Å². The number of aliphatic hydroxyl groups excluding tert-OH is 1. The van der Waals surface area contributed by atoms with Crippen molar-refractivity contribution < 1.29 is 28.6 Å². The number of nitrogens with zero attached hydrogens (tertiary/aromatic N) is 2. The summed E-state index contributed by atoms with van der Waals surface area (Å²) in [7, 11) is 0. The molecule has 1 atom stereocenters. The van der Waals surface area contributed by atoms with Gasteiger partial charge in [-0.3, -0.25) is 14.5 Å². The van der Waals surface area contributed by atoms with E-state index in [1.165, 1.54) is 0 Å². The number of Topliss-reactive ketones (excluding diaryl/α,β-unsaturated/α-hetero) is 1. The molecule has 1 aromatic heterocycles. The van der Waals surface area contributed by atoms with Gasteiger partial charge in [-0.2, -0.15) is 0 Å². The maximum atomic E-state index is 13.8. The first kappa shape index (κ1) is 26.8. The van der Waals surface area contributed by atoms with Crippen LogP contribution in [0.4, 0.5) is 0 Å². The normalized spacial score (nSPS) is 17.9. The molecule has 0 radical (unpaired) electrons. The molecule has 1 fully saturated rings. The van der Waals surface area contributed by atoms with Gasteiger partial charge in [-0.1, -0.05) is 60.7 Å². The number of hydrogen-bond donors (Lipinski definition) is 1. The van der Waals surface area contributed by atoms with Gasteiger partial charge in [-0.15, -0.1) is 0 Å². The van der Waals surface area contributed by atoms with E-state index in [0.29, 0.717) is 49.7 Å². The predicted octanol–water partition coefficient (Wildman–Crippen LogP) is 5.31. The monoisotopic (exact) mass is 552 g/mol. The molecule has 0 bridgehead atoms. The van der Waals surface area contributed by atoms with Crippen LogP contribution in [0.1, 0.15) is 34.1 Å². The Kier molecular flexibility index (Phi) is 7.84. The summed E-state index contributed by atoms with van der Waals surface area (Å²) < 4.78 is 17.2. The molecule has 4 aromatic rings. The second-order valence-electron chi connectivity index (χ2n) is 10.3. The maximum Gasteiger partial charge on any atom is 0.290 e. The molecule has 2 aliphatic rings. The number of amides is 1. The Bertz CT molecular complexity index is 1520. The van der Waals surface area contributed by atoms with Crippen LogP contribution in [0.15, 0.2) is 101 Å². The van der Waals surface area contributed by atoms with E-state index in [1.54, 1.807) is 17.0 Å². The Balaban J connectivity index is 1.26. The Morgan fingerprint density at radius 1 is 0.927 bits per heavy atom. The topological polar surface area (TPSA) is 92.5 Å². The number of furan rings is 1. The number of ketones is 1. The summed E-state index contributed by atoms with van der Waals surface area (Å²) in [6.45, 7) is 4.69. The summed E-state index contributed by atoms with van der Waals surface area (Å²) in [5, 5.41) is 11.8. The predicted molar refractivity (Wildman–Crippen MR) is 154 cm³/mol. The van der Waals surface area contributed by atoms with Gasteiger partial charge in [0.2, 0.25) is 5.78 Å². The lowest BCUT2D eigenvalue weighted by molar-refractivity contribution is -0.129. The van der Waals surface area contributed by atoms with Crippen LogP contribution in [0.5, 0.6) is 5.75 Å². The van der Waals surface area contributed by atoms with Gasteiger partial charge in [0.05, 0.1) is 24.8 Å². The lowest BCUT2D eigenvalue weighted by Gasteiger charge is -2.30. The van der Waals surface area contributed by atoms with Crippen molar-refractivity contribution in [3.63, 3.8) is 0 Å². The Labute approximate surface area is 238 Å². The van der Waals surface area contributed by atoms with E-state index in [0.717, 1.165) is 30.6 Å². The zero-order valence-corrected chi connectivity index (χ0v) is 22.7. The number of morpholine rings is 1. The fraction of sp³-hybridized carbons (Fsp3) is 0.273. The van der Waals surface area contributed by atoms with Gasteiger partial charge in [0.15, 0.2) is 11.5 Å². The molecule has 0 saturated carbocycles. The minimum Gasteiger partial charge on any atom is -0.503 e. The van der Waals surface area contributed by atoms with Gasteiger partial charge in [0.25, 0.3) is 5.91 Å². The standard InChI is InChI=1S/C33H32N2O6/c36-31(28-21-25-9-4-5-10-27(25)41-28)29-30(24-11-13-26(14-12-24)40-22-23-7-2-1-3-8-23)35(33(38)32(29)37)16-6-15-34-17-19-39-20-18-34/h1-5,7-14,21,30,37H,6,15-20,22H2/t30-/m1/s1. The van der Waals surface area contributed by atoms with Crippen molar-refractivity contribution in [1.82, 2.24) is 9.80 Å². The van der Waals surface area contributed by atoms with E-state index in [1.807, 2.05) is 72.8 Å². The van der Waals surface area contributed by atoms with Gasteiger partial charge in [-0.25, -0.2) is 0 Å². The molecule has 1 amide bonds. The average molecular weight is 553 g/mol. The summed E-state index contributed by atoms with van der Waals surface area (Å²) in [5.74, 6) is -0.836. The highest BCUT2D eigenvalue weighted by Crippen LogP contribution is 2.40. The maximum absolute atomic E-state index is 13.8. The molecule has 0 unspecified atom stereocenters. The van der Waals surface area contributed by atoms with Gasteiger partial charge < -0.3 is 23.9 Å². The first-order valence-electron chi connectivity index (χ1n) is 13.9. The van der Waals surface area contributed by atoms with Crippen molar-refractivity contribution >= 4 is 22.7 Å². The average Bonchev–Trinajstić information content (AvgIpc) is 3.56. The van der Waals surface area contributed by atoms with Crippen molar-refractivity contribution in [2.75, 3.05) is 39.4 Å². The molecule has 1 saturated heterocycles. The van der Waals surface area contributed by atoms with Crippen LogP contribution in [-0.4, -0.2) is 66.0 Å². The van der Waals surface area contributed by atoms with Crippen LogP contribution in [0.2, 0.25) is 0 Å². The van der Waals surface area contributed by atoms with Crippen LogP contribution in [0, 0.1) is 0 Å². The number of rotatable bonds is 10. The molecule has 0 aliphatic carbocycles.